The number of hydrogen-bond donors (Lipinski definition) is 2. The summed E-state index contributed by atoms with van der Waals surface area (Å²) in [6.07, 6.45) is 0.262. The molecule has 4 rings (SSSR count). The Morgan fingerprint density at radius 2 is 2.00 bits per heavy atom. The van der Waals surface area contributed by atoms with Crippen LogP contribution in [0.3, 0.4) is 0 Å². The molecule has 0 atom stereocenters. The highest BCUT2D eigenvalue weighted by atomic mass is 35.5. The standard InChI is InChI=1S/C22H17ClFN3O4/c1-12-9-17(30-11-18-26-22(29)31-27-18)20(24)19(23)15(12)10-14-7-8-16(28)21(25-14)13-5-3-2-4-6-13/h2-9,28H,10-11H2,1H3,(H,26,27,29). The van der Waals surface area contributed by atoms with Gasteiger partial charge in [0.2, 0.25) is 0 Å². The minimum Gasteiger partial charge on any atom is -0.506 e. The number of rotatable bonds is 6. The van der Waals surface area contributed by atoms with Gasteiger partial charge in [0.15, 0.2) is 17.4 Å². The summed E-state index contributed by atoms with van der Waals surface area (Å²) in [4.78, 5) is 17.8. The van der Waals surface area contributed by atoms with Gasteiger partial charge in [-0.05, 0) is 36.2 Å². The van der Waals surface area contributed by atoms with Gasteiger partial charge in [-0.15, -0.1) is 0 Å². The molecule has 0 aliphatic carbocycles. The lowest BCUT2D eigenvalue weighted by Gasteiger charge is -2.14. The van der Waals surface area contributed by atoms with Gasteiger partial charge in [-0.25, -0.2) is 14.2 Å². The van der Waals surface area contributed by atoms with E-state index in [9.17, 15) is 14.3 Å². The van der Waals surface area contributed by atoms with E-state index in [1.54, 1.807) is 19.1 Å². The van der Waals surface area contributed by atoms with E-state index in [1.165, 1.54) is 6.07 Å². The number of nitrogens with zero attached hydrogens (tertiary/aromatic N) is 2. The Balaban J connectivity index is 1.60. The zero-order valence-electron chi connectivity index (χ0n) is 16.4. The summed E-state index contributed by atoms with van der Waals surface area (Å²) in [7, 11) is 0. The molecule has 7 nitrogen and oxygen atoms in total. The van der Waals surface area contributed by atoms with Crippen molar-refractivity contribution in [3.8, 4) is 22.8 Å². The molecule has 0 aliphatic rings. The number of pyridine rings is 1. The van der Waals surface area contributed by atoms with E-state index >= 15 is 0 Å². The predicted molar refractivity (Wildman–Crippen MR) is 112 cm³/mol. The number of aromatic amines is 1. The Morgan fingerprint density at radius 3 is 2.71 bits per heavy atom. The maximum Gasteiger partial charge on any atom is 0.439 e. The van der Waals surface area contributed by atoms with E-state index in [0.717, 1.165) is 5.56 Å². The second-order valence-corrected chi connectivity index (χ2v) is 7.22. The topological polar surface area (TPSA) is 101 Å². The fourth-order valence-electron chi connectivity index (χ4n) is 3.13. The monoisotopic (exact) mass is 441 g/mol. The van der Waals surface area contributed by atoms with E-state index in [2.05, 4.69) is 19.6 Å². The second kappa shape index (κ2) is 8.61. The molecule has 2 N–H and O–H groups in total. The van der Waals surface area contributed by atoms with Gasteiger partial charge in [0.05, 0.1) is 5.02 Å². The van der Waals surface area contributed by atoms with Crippen LogP contribution in [-0.2, 0) is 13.0 Å². The van der Waals surface area contributed by atoms with E-state index in [4.69, 9.17) is 16.3 Å². The van der Waals surface area contributed by atoms with Crippen LogP contribution < -0.4 is 10.5 Å². The summed E-state index contributed by atoms with van der Waals surface area (Å²) in [6.45, 7) is 1.60. The molecule has 2 aromatic carbocycles. The Bertz CT molecular complexity index is 1290. The molecule has 2 heterocycles. The number of ether oxygens (including phenoxy) is 1. The number of hydrogen-bond acceptors (Lipinski definition) is 6. The smallest absolute Gasteiger partial charge is 0.439 e. The average molecular weight is 442 g/mol. The second-order valence-electron chi connectivity index (χ2n) is 6.84. The molecule has 0 unspecified atom stereocenters. The number of nitrogens with one attached hydrogen (secondary N) is 1. The first-order chi connectivity index (χ1) is 14.9. The minimum absolute atomic E-state index is 0.0543. The molecule has 0 aliphatic heterocycles. The van der Waals surface area contributed by atoms with Crippen LogP contribution in [0.5, 0.6) is 11.5 Å². The van der Waals surface area contributed by atoms with Crippen LogP contribution in [0, 0.1) is 12.7 Å². The summed E-state index contributed by atoms with van der Waals surface area (Å²) in [5.74, 6) is -1.34. The average Bonchev–Trinajstić information content (AvgIpc) is 3.19. The van der Waals surface area contributed by atoms with Gasteiger partial charge in [0.25, 0.3) is 0 Å². The lowest BCUT2D eigenvalue weighted by Crippen LogP contribution is -2.05. The van der Waals surface area contributed by atoms with Crippen molar-refractivity contribution in [3.63, 3.8) is 0 Å². The van der Waals surface area contributed by atoms with Gasteiger partial charge in [-0.1, -0.05) is 47.1 Å². The first-order valence-electron chi connectivity index (χ1n) is 9.32. The van der Waals surface area contributed by atoms with Crippen LogP contribution in [0.15, 0.2) is 57.8 Å². The molecule has 0 amide bonds. The Hall–Kier alpha value is -3.65. The fraction of sp³-hybridized carbons (Fsp3) is 0.136. The molecule has 0 fully saturated rings. The third-order valence-corrected chi connectivity index (χ3v) is 5.08. The Kier molecular flexibility index (Phi) is 5.73. The predicted octanol–water partition coefficient (Wildman–Crippen LogP) is 4.40. The molecule has 9 heteroatoms. The van der Waals surface area contributed by atoms with Crippen LogP contribution >= 0.6 is 11.6 Å². The summed E-state index contributed by atoms with van der Waals surface area (Å²) < 4.78 is 24.6. The molecule has 0 bridgehead atoms. The van der Waals surface area contributed by atoms with Gasteiger partial charge >= 0.3 is 5.76 Å². The van der Waals surface area contributed by atoms with Gasteiger partial charge < -0.3 is 9.84 Å². The van der Waals surface area contributed by atoms with Crippen molar-refractivity contribution < 1.29 is 18.8 Å². The van der Waals surface area contributed by atoms with E-state index in [0.29, 0.717) is 22.5 Å². The fourth-order valence-corrected chi connectivity index (χ4v) is 3.44. The molecular formula is C22H17ClFN3O4. The molecule has 0 saturated carbocycles. The van der Waals surface area contributed by atoms with Crippen LogP contribution in [0.1, 0.15) is 22.6 Å². The van der Waals surface area contributed by atoms with Crippen molar-refractivity contribution in [2.24, 2.45) is 0 Å². The van der Waals surface area contributed by atoms with Gasteiger partial charge in [0, 0.05) is 17.7 Å². The maximum atomic E-state index is 14.8. The lowest BCUT2D eigenvalue weighted by molar-refractivity contribution is 0.272. The molecule has 0 spiro atoms. The number of benzene rings is 2. The zero-order chi connectivity index (χ0) is 22.0. The van der Waals surface area contributed by atoms with Crippen LogP contribution in [0.4, 0.5) is 4.39 Å². The third kappa shape index (κ3) is 4.44. The third-order valence-electron chi connectivity index (χ3n) is 4.68. The molecule has 2 aromatic heterocycles. The normalized spacial score (nSPS) is 10.9. The molecule has 4 aromatic rings. The van der Waals surface area contributed by atoms with Crippen molar-refractivity contribution in [2.75, 3.05) is 0 Å². The number of aromatic hydroxyl groups is 1. The largest absolute Gasteiger partial charge is 0.506 e. The van der Waals surface area contributed by atoms with Gasteiger partial charge in [-0.3, -0.25) is 9.51 Å². The van der Waals surface area contributed by atoms with Crippen molar-refractivity contribution in [1.29, 1.82) is 0 Å². The number of aryl methyl sites for hydroxylation is 1. The van der Waals surface area contributed by atoms with Crippen LogP contribution in [0.25, 0.3) is 11.3 Å². The van der Waals surface area contributed by atoms with Crippen LogP contribution in [0.2, 0.25) is 5.02 Å². The van der Waals surface area contributed by atoms with E-state index in [1.807, 2.05) is 30.3 Å². The summed E-state index contributed by atoms with van der Waals surface area (Å²) >= 11 is 6.30. The highest BCUT2D eigenvalue weighted by Gasteiger charge is 2.18. The highest BCUT2D eigenvalue weighted by Crippen LogP contribution is 2.34. The van der Waals surface area contributed by atoms with Crippen molar-refractivity contribution >= 4 is 11.6 Å². The summed E-state index contributed by atoms with van der Waals surface area (Å²) in [5, 5.41) is 13.6. The number of halogens is 2. The Labute approximate surface area is 181 Å². The molecule has 31 heavy (non-hydrogen) atoms. The summed E-state index contributed by atoms with van der Waals surface area (Å²) in [5.41, 5.74) is 3.08. The van der Waals surface area contributed by atoms with Crippen molar-refractivity contribution in [1.82, 2.24) is 15.1 Å². The molecular weight excluding hydrogens is 425 g/mol. The number of H-pyrrole nitrogens is 1. The lowest BCUT2D eigenvalue weighted by atomic mass is 10.0. The maximum absolute atomic E-state index is 14.8. The highest BCUT2D eigenvalue weighted by molar-refractivity contribution is 6.31. The molecule has 0 saturated heterocycles. The number of aromatic nitrogens is 3. The first-order valence-corrected chi connectivity index (χ1v) is 9.69. The van der Waals surface area contributed by atoms with E-state index in [-0.39, 0.29) is 35.4 Å². The quantitative estimate of drug-likeness (QED) is 0.460. The van der Waals surface area contributed by atoms with Crippen molar-refractivity contribution in [2.45, 2.75) is 20.0 Å². The van der Waals surface area contributed by atoms with Gasteiger partial charge in [-0.2, -0.15) is 0 Å². The first kappa shape index (κ1) is 20.6. The van der Waals surface area contributed by atoms with Gasteiger partial charge in [0.1, 0.15) is 18.1 Å². The van der Waals surface area contributed by atoms with Crippen LogP contribution in [-0.4, -0.2) is 20.2 Å². The molecule has 158 valence electrons. The Morgan fingerprint density at radius 1 is 1.23 bits per heavy atom. The summed E-state index contributed by atoms with van der Waals surface area (Å²) in [6, 6.07) is 14.0. The minimum atomic E-state index is -0.727. The SMILES string of the molecule is Cc1cc(OCc2noc(=O)[nH]2)c(F)c(Cl)c1Cc1ccc(O)c(-c2ccccc2)n1. The van der Waals surface area contributed by atoms with Crippen molar-refractivity contribution in [3.05, 3.63) is 92.6 Å². The zero-order valence-corrected chi connectivity index (χ0v) is 17.1. The molecule has 0 radical (unpaired) electrons. The van der Waals surface area contributed by atoms with E-state index < -0.39 is 11.6 Å².